The van der Waals surface area contributed by atoms with Crippen molar-refractivity contribution in [2.45, 2.75) is 13.5 Å². The molecule has 0 aliphatic rings. The first kappa shape index (κ1) is 14.1. The minimum Gasteiger partial charge on any atom is -0.399 e. The number of carbonyl (C=O) groups excluding carboxylic acids is 1. The van der Waals surface area contributed by atoms with Crippen molar-refractivity contribution in [2.75, 3.05) is 12.8 Å². The van der Waals surface area contributed by atoms with Crippen LogP contribution in [0.5, 0.6) is 0 Å². The Labute approximate surface area is 117 Å². The minimum absolute atomic E-state index is 0.247. The predicted molar refractivity (Wildman–Crippen MR) is 77.8 cm³/mol. The molecule has 0 aliphatic heterocycles. The number of rotatable bonds is 3. The SMILES string of the molecule is Cc1ccc(CN(C)C(=O)c2cc(N)cc(F)c2)cc1. The van der Waals surface area contributed by atoms with E-state index in [0.717, 1.165) is 5.56 Å². The van der Waals surface area contributed by atoms with Crippen LogP contribution in [0.2, 0.25) is 0 Å². The van der Waals surface area contributed by atoms with Gasteiger partial charge in [0.25, 0.3) is 5.91 Å². The van der Waals surface area contributed by atoms with E-state index in [1.807, 2.05) is 31.2 Å². The van der Waals surface area contributed by atoms with Crippen LogP contribution in [0.4, 0.5) is 10.1 Å². The number of carbonyl (C=O) groups is 1. The van der Waals surface area contributed by atoms with E-state index in [-0.39, 0.29) is 17.2 Å². The Morgan fingerprint density at radius 1 is 1.20 bits per heavy atom. The van der Waals surface area contributed by atoms with Crippen molar-refractivity contribution in [3.63, 3.8) is 0 Å². The maximum Gasteiger partial charge on any atom is 0.254 e. The molecule has 0 aromatic heterocycles. The van der Waals surface area contributed by atoms with E-state index in [0.29, 0.717) is 6.54 Å². The zero-order chi connectivity index (χ0) is 14.7. The van der Waals surface area contributed by atoms with Crippen LogP contribution >= 0.6 is 0 Å². The van der Waals surface area contributed by atoms with Crippen molar-refractivity contribution in [3.05, 3.63) is 65.0 Å². The monoisotopic (exact) mass is 272 g/mol. The zero-order valence-corrected chi connectivity index (χ0v) is 11.6. The Morgan fingerprint density at radius 3 is 2.45 bits per heavy atom. The molecule has 20 heavy (non-hydrogen) atoms. The molecule has 2 rings (SSSR count). The van der Waals surface area contributed by atoms with Gasteiger partial charge in [-0.15, -0.1) is 0 Å². The molecule has 2 aromatic rings. The third kappa shape index (κ3) is 3.35. The van der Waals surface area contributed by atoms with Crippen LogP contribution in [-0.2, 0) is 6.54 Å². The van der Waals surface area contributed by atoms with Gasteiger partial charge >= 0.3 is 0 Å². The highest BCUT2D eigenvalue weighted by molar-refractivity contribution is 5.94. The minimum atomic E-state index is -0.503. The van der Waals surface area contributed by atoms with Gasteiger partial charge in [0.05, 0.1) is 0 Å². The highest BCUT2D eigenvalue weighted by Crippen LogP contribution is 2.14. The number of nitrogen functional groups attached to an aromatic ring is 1. The molecule has 0 atom stereocenters. The van der Waals surface area contributed by atoms with Crippen molar-refractivity contribution in [1.29, 1.82) is 0 Å². The fourth-order valence-electron chi connectivity index (χ4n) is 2.00. The van der Waals surface area contributed by atoms with Crippen molar-refractivity contribution < 1.29 is 9.18 Å². The number of halogens is 1. The van der Waals surface area contributed by atoms with Crippen molar-refractivity contribution in [1.82, 2.24) is 4.90 Å². The average Bonchev–Trinajstić information content (AvgIpc) is 2.39. The summed E-state index contributed by atoms with van der Waals surface area (Å²) in [5.74, 6) is -0.756. The van der Waals surface area contributed by atoms with Crippen LogP contribution in [0, 0.1) is 12.7 Å². The molecule has 0 heterocycles. The Kier molecular flexibility index (Phi) is 4.03. The molecule has 3 nitrogen and oxygen atoms in total. The van der Waals surface area contributed by atoms with Crippen LogP contribution < -0.4 is 5.73 Å². The fraction of sp³-hybridized carbons (Fsp3) is 0.188. The quantitative estimate of drug-likeness (QED) is 0.873. The third-order valence-electron chi connectivity index (χ3n) is 3.05. The second kappa shape index (κ2) is 5.74. The van der Waals surface area contributed by atoms with E-state index >= 15 is 0 Å². The molecule has 0 aliphatic carbocycles. The van der Waals surface area contributed by atoms with Crippen LogP contribution in [0.1, 0.15) is 21.5 Å². The summed E-state index contributed by atoms with van der Waals surface area (Å²) in [4.78, 5) is 13.8. The lowest BCUT2D eigenvalue weighted by molar-refractivity contribution is 0.0784. The number of hydrogen-bond acceptors (Lipinski definition) is 2. The molecule has 0 unspecified atom stereocenters. The molecular formula is C16H17FN2O. The predicted octanol–water partition coefficient (Wildman–Crippen LogP) is 2.99. The highest BCUT2D eigenvalue weighted by Gasteiger charge is 2.13. The van der Waals surface area contributed by atoms with Gasteiger partial charge in [-0.3, -0.25) is 4.79 Å². The summed E-state index contributed by atoms with van der Waals surface area (Å²) in [6, 6.07) is 11.8. The summed E-state index contributed by atoms with van der Waals surface area (Å²) >= 11 is 0. The Hall–Kier alpha value is -2.36. The van der Waals surface area contributed by atoms with Gasteiger partial charge < -0.3 is 10.6 Å². The first-order valence-corrected chi connectivity index (χ1v) is 6.33. The second-order valence-corrected chi connectivity index (χ2v) is 4.92. The van der Waals surface area contributed by atoms with Gasteiger partial charge in [-0.25, -0.2) is 4.39 Å². The molecule has 0 radical (unpaired) electrons. The summed E-state index contributed by atoms with van der Waals surface area (Å²) in [5, 5.41) is 0. The molecule has 0 bridgehead atoms. The molecule has 2 aromatic carbocycles. The Bertz CT molecular complexity index is 603. The van der Waals surface area contributed by atoms with Crippen LogP contribution in [-0.4, -0.2) is 17.9 Å². The normalized spacial score (nSPS) is 10.3. The van der Waals surface area contributed by atoms with Crippen molar-refractivity contribution in [2.24, 2.45) is 0 Å². The molecule has 0 saturated heterocycles. The van der Waals surface area contributed by atoms with E-state index < -0.39 is 5.82 Å². The van der Waals surface area contributed by atoms with E-state index in [1.54, 1.807) is 11.9 Å². The number of aryl methyl sites for hydroxylation is 1. The Morgan fingerprint density at radius 2 is 1.85 bits per heavy atom. The standard InChI is InChI=1S/C16H17FN2O/c1-11-3-5-12(6-4-11)10-19(2)16(20)13-7-14(17)9-15(18)8-13/h3-9H,10,18H2,1-2H3. The first-order valence-electron chi connectivity index (χ1n) is 6.33. The molecule has 0 spiro atoms. The summed E-state index contributed by atoms with van der Waals surface area (Å²) in [6.45, 7) is 2.48. The first-order chi connectivity index (χ1) is 9.45. The van der Waals surface area contributed by atoms with Crippen LogP contribution in [0.3, 0.4) is 0 Å². The molecule has 2 N–H and O–H groups in total. The topological polar surface area (TPSA) is 46.3 Å². The van der Waals surface area contributed by atoms with Gasteiger partial charge in [0.2, 0.25) is 0 Å². The number of anilines is 1. The number of nitrogens with zero attached hydrogens (tertiary/aromatic N) is 1. The highest BCUT2D eigenvalue weighted by atomic mass is 19.1. The molecule has 0 saturated carbocycles. The zero-order valence-electron chi connectivity index (χ0n) is 11.6. The smallest absolute Gasteiger partial charge is 0.254 e. The van der Waals surface area contributed by atoms with Gasteiger partial charge in [-0.2, -0.15) is 0 Å². The van der Waals surface area contributed by atoms with Crippen LogP contribution in [0.25, 0.3) is 0 Å². The van der Waals surface area contributed by atoms with E-state index in [1.165, 1.54) is 23.8 Å². The lowest BCUT2D eigenvalue weighted by Crippen LogP contribution is -2.26. The summed E-state index contributed by atoms with van der Waals surface area (Å²) in [6.07, 6.45) is 0. The fourth-order valence-corrected chi connectivity index (χ4v) is 2.00. The lowest BCUT2D eigenvalue weighted by atomic mass is 10.1. The number of benzene rings is 2. The lowest BCUT2D eigenvalue weighted by Gasteiger charge is -2.17. The van der Waals surface area contributed by atoms with E-state index in [9.17, 15) is 9.18 Å². The van der Waals surface area contributed by atoms with Gasteiger partial charge in [0, 0.05) is 24.8 Å². The van der Waals surface area contributed by atoms with E-state index in [2.05, 4.69) is 0 Å². The van der Waals surface area contributed by atoms with Crippen LogP contribution in [0.15, 0.2) is 42.5 Å². The number of hydrogen-bond donors (Lipinski definition) is 1. The molecular weight excluding hydrogens is 255 g/mol. The Balaban J connectivity index is 2.14. The number of amides is 1. The average molecular weight is 272 g/mol. The summed E-state index contributed by atoms with van der Waals surface area (Å²) in [5.41, 5.74) is 8.26. The molecule has 104 valence electrons. The maximum atomic E-state index is 13.3. The molecule has 1 amide bonds. The van der Waals surface area contributed by atoms with Crippen molar-refractivity contribution >= 4 is 11.6 Å². The second-order valence-electron chi connectivity index (χ2n) is 4.92. The van der Waals surface area contributed by atoms with E-state index in [4.69, 9.17) is 5.73 Å². The largest absolute Gasteiger partial charge is 0.399 e. The maximum absolute atomic E-state index is 13.3. The molecule has 0 fully saturated rings. The van der Waals surface area contributed by atoms with Crippen molar-refractivity contribution in [3.8, 4) is 0 Å². The third-order valence-corrected chi connectivity index (χ3v) is 3.05. The van der Waals surface area contributed by atoms with Gasteiger partial charge in [0.15, 0.2) is 0 Å². The molecule has 4 heteroatoms. The number of nitrogens with two attached hydrogens (primary N) is 1. The summed E-state index contributed by atoms with van der Waals surface area (Å²) in [7, 11) is 1.68. The summed E-state index contributed by atoms with van der Waals surface area (Å²) < 4.78 is 13.3. The van der Waals surface area contributed by atoms with Gasteiger partial charge in [-0.05, 0) is 30.7 Å². The van der Waals surface area contributed by atoms with Gasteiger partial charge in [-0.1, -0.05) is 29.8 Å². The van der Waals surface area contributed by atoms with Gasteiger partial charge in [0.1, 0.15) is 5.82 Å².